The zero-order valence-electron chi connectivity index (χ0n) is 11.0. The Morgan fingerprint density at radius 3 is 2.72 bits per heavy atom. The fourth-order valence-electron chi connectivity index (χ4n) is 2.66. The van der Waals surface area contributed by atoms with Crippen LogP contribution < -0.4 is 4.90 Å². The molecular formula is C13H18N4O. The summed E-state index contributed by atoms with van der Waals surface area (Å²) in [5.74, 6) is 1.01. The lowest BCUT2D eigenvalue weighted by molar-refractivity contribution is -0.00537. The van der Waals surface area contributed by atoms with Crippen LogP contribution in [0.3, 0.4) is 0 Å². The first-order chi connectivity index (χ1) is 8.63. The Kier molecular flexibility index (Phi) is 2.70. The summed E-state index contributed by atoms with van der Waals surface area (Å²) in [5, 5.41) is 1.09. The van der Waals surface area contributed by atoms with Crippen LogP contribution in [0.15, 0.2) is 12.4 Å². The number of ether oxygens (including phenoxy) is 1. The van der Waals surface area contributed by atoms with E-state index in [-0.39, 0.29) is 12.2 Å². The Morgan fingerprint density at radius 1 is 1.28 bits per heavy atom. The number of morpholine rings is 1. The number of fused-ring (bicyclic) bond motifs is 1. The molecule has 2 unspecified atom stereocenters. The Balaban J connectivity index is 2.02. The molecule has 0 spiro atoms. The molecule has 3 heterocycles. The SMILES string of the molecule is Cc1cc2c(N3CC(C)OC(C)C3)ncnc2[nH]1. The van der Waals surface area contributed by atoms with E-state index in [1.807, 2.05) is 6.92 Å². The topological polar surface area (TPSA) is 54.0 Å². The highest BCUT2D eigenvalue weighted by atomic mass is 16.5. The molecule has 1 aliphatic heterocycles. The van der Waals surface area contributed by atoms with Gasteiger partial charge in [-0.1, -0.05) is 0 Å². The molecule has 5 heteroatoms. The molecule has 96 valence electrons. The predicted molar refractivity (Wildman–Crippen MR) is 70.8 cm³/mol. The zero-order chi connectivity index (χ0) is 12.7. The monoisotopic (exact) mass is 246 g/mol. The van der Waals surface area contributed by atoms with E-state index in [0.29, 0.717) is 0 Å². The van der Waals surface area contributed by atoms with E-state index in [9.17, 15) is 0 Å². The molecule has 1 N–H and O–H groups in total. The quantitative estimate of drug-likeness (QED) is 0.834. The minimum Gasteiger partial charge on any atom is -0.372 e. The van der Waals surface area contributed by atoms with Crippen molar-refractivity contribution in [2.24, 2.45) is 0 Å². The van der Waals surface area contributed by atoms with Gasteiger partial charge >= 0.3 is 0 Å². The van der Waals surface area contributed by atoms with Crippen LogP contribution in [0, 0.1) is 6.92 Å². The van der Waals surface area contributed by atoms with Crippen molar-refractivity contribution in [3.63, 3.8) is 0 Å². The fourth-order valence-corrected chi connectivity index (χ4v) is 2.66. The average molecular weight is 246 g/mol. The molecular weight excluding hydrogens is 228 g/mol. The number of anilines is 1. The second-order valence-electron chi connectivity index (χ2n) is 5.07. The third kappa shape index (κ3) is 1.95. The Hall–Kier alpha value is -1.62. The summed E-state index contributed by atoms with van der Waals surface area (Å²) in [6.45, 7) is 7.99. The first kappa shape index (κ1) is 11.5. The van der Waals surface area contributed by atoms with Gasteiger partial charge in [-0.3, -0.25) is 0 Å². The highest BCUT2D eigenvalue weighted by molar-refractivity contribution is 5.88. The van der Waals surface area contributed by atoms with Crippen molar-refractivity contribution in [2.45, 2.75) is 33.0 Å². The van der Waals surface area contributed by atoms with Crippen LogP contribution in [-0.4, -0.2) is 40.2 Å². The maximum atomic E-state index is 5.76. The van der Waals surface area contributed by atoms with Crippen molar-refractivity contribution in [3.8, 4) is 0 Å². The molecule has 3 rings (SSSR count). The molecule has 18 heavy (non-hydrogen) atoms. The molecule has 1 aliphatic rings. The lowest BCUT2D eigenvalue weighted by Crippen LogP contribution is -2.45. The van der Waals surface area contributed by atoms with Crippen LogP contribution in [0.5, 0.6) is 0 Å². The number of H-pyrrole nitrogens is 1. The maximum absolute atomic E-state index is 5.76. The van der Waals surface area contributed by atoms with Crippen molar-refractivity contribution >= 4 is 16.9 Å². The van der Waals surface area contributed by atoms with E-state index in [0.717, 1.165) is 35.6 Å². The first-order valence-electron chi connectivity index (χ1n) is 6.34. The number of aromatic amines is 1. The van der Waals surface area contributed by atoms with Gasteiger partial charge < -0.3 is 14.6 Å². The van der Waals surface area contributed by atoms with Crippen LogP contribution in [0.4, 0.5) is 5.82 Å². The molecule has 1 fully saturated rings. The molecule has 2 aromatic heterocycles. The smallest absolute Gasteiger partial charge is 0.143 e. The van der Waals surface area contributed by atoms with Crippen LogP contribution >= 0.6 is 0 Å². The summed E-state index contributed by atoms with van der Waals surface area (Å²) in [4.78, 5) is 14.3. The zero-order valence-corrected chi connectivity index (χ0v) is 11.0. The van der Waals surface area contributed by atoms with Crippen LogP contribution in [0.1, 0.15) is 19.5 Å². The Labute approximate surface area is 106 Å². The van der Waals surface area contributed by atoms with Gasteiger partial charge in [0.05, 0.1) is 17.6 Å². The van der Waals surface area contributed by atoms with Crippen molar-refractivity contribution < 1.29 is 4.74 Å². The van der Waals surface area contributed by atoms with Crippen molar-refractivity contribution in [1.29, 1.82) is 0 Å². The third-order valence-electron chi connectivity index (χ3n) is 3.26. The number of hydrogen-bond donors (Lipinski definition) is 1. The van der Waals surface area contributed by atoms with E-state index in [4.69, 9.17) is 4.74 Å². The standard InChI is InChI=1S/C13H18N4O/c1-8-4-11-12(16-8)14-7-15-13(11)17-5-9(2)18-10(3)6-17/h4,7,9-10H,5-6H2,1-3H3,(H,14,15,16). The van der Waals surface area contributed by atoms with Crippen molar-refractivity contribution in [3.05, 3.63) is 18.1 Å². The Bertz CT molecular complexity index is 555. The molecule has 0 radical (unpaired) electrons. The van der Waals surface area contributed by atoms with Crippen LogP contribution in [-0.2, 0) is 4.74 Å². The summed E-state index contributed by atoms with van der Waals surface area (Å²) in [7, 11) is 0. The van der Waals surface area contributed by atoms with Gasteiger partial charge in [-0.2, -0.15) is 0 Å². The summed E-state index contributed by atoms with van der Waals surface area (Å²) < 4.78 is 5.76. The summed E-state index contributed by atoms with van der Waals surface area (Å²) >= 11 is 0. The molecule has 2 aromatic rings. The average Bonchev–Trinajstić information content (AvgIpc) is 2.67. The highest BCUT2D eigenvalue weighted by Gasteiger charge is 2.24. The number of aryl methyl sites for hydroxylation is 1. The molecule has 0 bridgehead atoms. The van der Waals surface area contributed by atoms with Gasteiger partial charge in [-0.05, 0) is 26.8 Å². The summed E-state index contributed by atoms with van der Waals surface area (Å²) in [5.41, 5.74) is 2.02. The number of hydrogen-bond acceptors (Lipinski definition) is 4. The van der Waals surface area contributed by atoms with E-state index in [1.165, 1.54) is 0 Å². The van der Waals surface area contributed by atoms with Gasteiger partial charge in [0.25, 0.3) is 0 Å². The van der Waals surface area contributed by atoms with Gasteiger partial charge in [-0.15, -0.1) is 0 Å². The largest absolute Gasteiger partial charge is 0.372 e. The van der Waals surface area contributed by atoms with Gasteiger partial charge in [0.15, 0.2) is 0 Å². The van der Waals surface area contributed by atoms with Crippen LogP contribution in [0.25, 0.3) is 11.0 Å². The van der Waals surface area contributed by atoms with E-state index in [1.54, 1.807) is 6.33 Å². The third-order valence-corrected chi connectivity index (χ3v) is 3.26. The lowest BCUT2D eigenvalue weighted by Gasteiger charge is -2.36. The van der Waals surface area contributed by atoms with Gasteiger partial charge in [0.2, 0.25) is 0 Å². The van der Waals surface area contributed by atoms with Crippen molar-refractivity contribution in [1.82, 2.24) is 15.0 Å². The molecule has 0 aliphatic carbocycles. The maximum Gasteiger partial charge on any atom is 0.143 e. The van der Waals surface area contributed by atoms with Gasteiger partial charge in [-0.25, -0.2) is 9.97 Å². The molecule has 1 saturated heterocycles. The normalized spacial score (nSPS) is 24.7. The van der Waals surface area contributed by atoms with Gasteiger partial charge in [0, 0.05) is 18.8 Å². The van der Waals surface area contributed by atoms with E-state index < -0.39 is 0 Å². The lowest BCUT2D eigenvalue weighted by atomic mass is 10.2. The molecule has 5 nitrogen and oxygen atoms in total. The first-order valence-corrected chi connectivity index (χ1v) is 6.34. The molecule has 2 atom stereocenters. The van der Waals surface area contributed by atoms with E-state index in [2.05, 4.69) is 39.8 Å². The summed E-state index contributed by atoms with van der Waals surface area (Å²) in [6.07, 6.45) is 2.09. The van der Waals surface area contributed by atoms with Gasteiger partial charge in [0.1, 0.15) is 17.8 Å². The number of nitrogens with one attached hydrogen (secondary N) is 1. The second-order valence-corrected chi connectivity index (χ2v) is 5.07. The molecule has 0 saturated carbocycles. The number of nitrogens with zero attached hydrogens (tertiary/aromatic N) is 3. The van der Waals surface area contributed by atoms with Crippen LogP contribution in [0.2, 0.25) is 0 Å². The molecule has 0 aromatic carbocycles. The fraction of sp³-hybridized carbons (Fsp3) is 0.538. The minimum absolute atomic E-state index is 0.235. The van der Waals surface area contributed by atoms with E-state index >= 15 is 0 Å². The summed E-state index contributed by atoms with van der Waals surface area (Å²) in [6, 6.07) is 2.11. The number of aromatic nitrogens is 3. The second kappa shape index (κ2) is 4.24. The number of rotatable bonds is 1. The molecule has 0 amide bonds. The minimum atomic E-state index is 0.235. The predicted octanol–water partition coefficient (Wildman–Crippen LogP) is 1.88. The van der Waals surface area contributed by atoms with Crippen molar-refractivity contribution in [2.75, 3.05) is 18.0 Å². The Morgan fingerprint density at radius 2 is 2.00 bits per heavy atom. The highest BCUT2D eigenvalue weighted by Crippen LogP contribution is 2.26.